The van der Waals surface area contributed by atoms with Crippen LogP contribution in [0, 0.1) is 0 Å². The summed E-state index contributed by atoms with van der Waals surface area (Å²) in [5, 5.41) is 15.5. The van der Waals surface area contributed by atoms with Crippen LogP contribution in [0.4, 0.5) is 16.3 Å². The molecule has 0 bridgehead atoms. The predicted molar refractivity (Wildman–Crippen MR) is 132 cm³/mol. The molecule has 2 fully saturated rings. The van der Waals surface area contributed by atoms with Crippen LogP contribution in [0.15, 0.2) is 42.9 Å². The second-order valence-corrected chi connectivity index (χ2v) is 8.93. The van der Waals surface area contributed by atoms with Crippen LogP contribution in [0.1, 0.15) is 19.8 Å². The van der Waals surface area contributed by atoms with Gasteiger partial charge in [0.25, 0.3) is 0 Å². The van der Waals surface area contributed by atoms with Gasteiger partial charge < -0.3 is 19.9 Å². The van der Waals surface area contributed by atoms with Crippen LogP contribution < -0.4 is 10.2 Å². The van der Waals surface area contributed by atoms with Gasteiger partial charge >= 0.3 is 6.03 Å². The van der Waals surface area contributed by atoms with Crippen molar-refractivity contribution in [2.45, 2.75) is 25.8 Å². The number of anilines is 2. The first-order chi connectivity index (χ1) is 17.2. The largest absolute Gasteiger partial charge is 0.377 e. The van der Waals surface area contributed by atoms with Crippen LogP contribution in [0.3, 0.4) is 0 Å². The number of fused-ring (bicyclic) bond motifs is 1. The standard InChI is InChI=1S/C24H27N9O2/c1-16-15-35-11-10-32(16)22-12-18(19-14-27-33(23(19)29-22)21-6-7-26-30-21)20-5-4-17(13-25-20)28-24(34)31-8-2-3-9-31/h4-7,12-14,16H,2-3,8-11,15H2,1H3,(H,26,30)(H,28,34)/t16-/m1/s1. The minimum absolute atomic E-state index is 0.0766. The number of likely N-dealkylation sites (tertiary alicyclic amines) is 1. The lowest BCUT2D eigenvalue weighted by molar-refractivity contribution is 0.0985. The van der Waals surface area contributed by atoms with E-state index in [1.165, 1.54) is 0 Å². The number of aromatic amines is 1. The van der Waals surface area contributed by atoms with Crippen molar-refractivity contribution in [3.63, 3.8) is 0 Å². The molecule has 2 aliphatic rings. The van der Waals surface area contributed by atoms with Gasteiger partial charge in [-0.2, -0.15) is 14.9 Å². The van der Waals surface area contributed by atoms with Crippen molar-refractivity contribution in [3.05, 3.63) is 42.9 Å². The van der Waals surface area contributed by atoms with E-state index < -0.39 is 0 Å². The van der Waals surface area contributed by atoms with E-state index >= 15 is 0 Å². The maximum atomic E-state index is 12.5. The van der Waals surface area contributed by atoms with E-state index in [1.807, 2.05) is 23.1 Å². The number of hydrogen-bond acceptors (Lipinski definition) is 7. The monoisotopic (exact) mass is 473 g/mol. The molecule has 2 saturated heterocycles. The van der Waals surface area contributed by atoms with Crippen LogP contribution in [0.5, 0.6) is 0 Å². The van der Waals surface area contributed by atoms with E-state index in [0.29, 0.717) is 30.4 Å². The summed E-state index contributed by atoms with van der Waals surface area (Å²) in [7, 11) is 0. The Hall–Kier alpha value is -3.99. The van der Waals surface area contributed by atoms with E-state index in [9.17, 15) is 4.79 Å². The fraction of sp³-hybridized carbons (Fsp3) is 0.375. The van der Waals surface area contributed by atoms with Crippen molar-refractivity contribution in [3.8, 4) is 17.1 Å². The number of urea groups is 1. The second kappa shape index (κ2) is 8.99. The molecular formula is C24H27N9O2. The van der Waals surface area contributed by atoms with Crippen LogP contribution in [0.2, 0.25) is 0 Å². The van der Waals surface area contributed by atoms with Gasteiger partial charge in [0.15, 0.2) is 11.5 Å². The Morgan fingerprint density at radius 3 is 2.77 bits per heavy atom. The molecule has 4 aromatic rings. The molecule has 1 atom stereocenters. The number of nitrogens with zero attached hydrogens (tertiary/aromatic N) is 7. The Morgan fingerprint density at radius 1 is 1.14 bits per heavy atom. The van der Waals surface area contributed by atoms with Crippen molar-refractivity contribution in [2.24, 2.45) is 0 Å². The molecule has 180 valence electrons. The molecule has 0 unspecified atom stereocenters. The summed E-state index contributed by atoms with van der Waals surface area (Å²) >= 11 is 0. The highest BCUT2D eigenvalue weighted by Gasteiger charge is 2.24. The summed E-state index contributed by atoms with van der Waals surface area (Å²) in [6.45, 7) is 5.79. The summed E-state index contributed by atoms with van der Waals surface area (Å²) in [6.07, 6.45) is 7.36. The smallest absolute Gasteiger partial charge is 0.321 e. The lowest BCUT2D eigenvalue weighted by Crippen LogP contribution is -2.44. The second-order valence-electron chi connectivity index (χ2n) is 8.93. The number of aromatic nitrogens is 6. The highest BCUT2D eigenvalue weighted by atomic mass is 16.5. The predicted octanol–water partition coefficient (Wildman–Crippen LogP) is 3.06. The first-order valence-electron chi connectivity index (χ1n) is 11.9. The number of carbonyl (C=O) groups is 1. The molecule has 11 nitrogen and oxygen atoms in total. The lowest BCUT2D eigenvalue weighted by atomic mass is 10.1. The maximum absolute atomic E-state index is 12.5. The van der Waals surface area contributed by atoms with E-state index in [2.05, 4.69) is 38.5 Å². The van der Waals surface area contributed by atoms with Gasteiger partial charge in [0.2, 0.25) is 0 Å². The van der Waals surface area contributed by atoms with Crippen LogP contribution in [0.25, 0.3) is 28.1 Å². The van der Waals surface area contributed by atoms with Crippen molar-refractivity contribution in [1.29, 1.82) is 0 Å². The van der Waals surface area contributed by atoms with E-state index in [1.54, 1.807) is 23.3 Å². The quantitative estimate of drug-likeness (QED) is 0.468. The molecule has 4 aromatic heterocycles. The SMILES string of the molecule is C[C@@H]1COCCN1c1cc(-c2ccc(NC(=O)N3CCCC3)cn2)c2cnn(-c3cc[nH]n3)c2n1. The highest BCUT2D eigenvalue weighted by molar-refractivity contribution is 5.94. The third-order valence-corrected chi connectivity index (χ3v) is 6.58. The van der Waals surface area contributed by atoms with Gasteiger partial charge in [-0.05, 0) is 38.0 Å². The van der Waals surface area contributed by atoms with Gasteiger partial charge in [-0.3, -0.25) is 10.1 Å². The average Bonchev–Trinajstić information content (AvgIpc) is 3.66. The summed E-state index contributed by atoms with van der Waals surface area (Å²) in [6, 6.07) is 7.84. The number of rotatable bonds is 4. The molecule has 35 heavy (non-hydrogen) atoms. The molecule has 2 N–H and O–H groups in total. The third-order valence-electron chi connectivity index (χ3n) is 6.58. The zero-order chi connectivity index (χ0) is 23.8. The van der Waals surface area contributed by atoms with Crippen molar-refractivity contribution >= 4 is 28.6 Å². The van der Waals surface area contributed by atoms with Gasteiger partial charge in [0.05, 0.1) is 43.0 Å². The van der Waals surface area contributed by atoms with Crippen molar-refractivity contribution in [2.75, 3.05) is 43.1 Å². The Kier molecular flexibility index (Phi) is 5.53. The Labute approximate surface area is 202 Å². The number of H-pyrrole nitrogens is 1. The molecular weight excluding hydrogens is 446 g/mol. The summed E-state index contributed by atoms with van der Waals surface area (Å²) in [5.74, 6) is 1.51. The molecule has 0 saturated carbocycles. The molecule has 0 spiro atoms. The first-order valence-corrected chi connectivity index (χ1v) is 11.9. The molecule has 2 aliphatic heterocycles. The van der Waals surface area contributed by atoms with Gasteiger partial charge in [-0.1, -0.05) is 0 Å². The topological polar surface area (TPSA) is 117 Å². The van der Waals surface area contributed by atoms with Crippen LogP contribution in [-0.4, -0.2) is 79.8 Å². The number of hydrogen-bond donors (Lipinski definition) is 2. The van der Waals surface area contributed by atoms with Crippen molar-refractivity contribution in [1.82, 2.24) is 34.8 Å². The van der Waals surface area contributed by atoms with Crippen molar-refractivity contribution < 1.29 is 9.53 Å². The number of nitrogens with one attached hydrogen (secondary N) is 2. The third kappa shape index (κ3) is 4.08. The fourth-order valence-corrected chi connectivity index (χ4v) is 4.70. The molecule has 0 aromatic carbocycles. The Morgan fingerprint density at radius 2 is 2.03 bits per heavy atom. The zero-order valence-corrected chi connectivity index (χ0v) is 19.5. The maximum Gasteiger partial charge on any atom is 0.321 e. The van der Waals surface area contributed by atoms with Crippen LogP contribution >= 0.6 is 0 Å². The number of carbonyl (C=O) groups excluding carboxylic acids is 1. The van der Waals surface area contributed by atoms with Gasteiger partial charge in [0, 0.05) is 42.8 Å². The highest BCUT2D eigenvalue weighted by Crippen LogP contribution is 2.32. The zero-order valence-electron chi connectivity index (χ0n) is 19.5. The van der Waals surface area contributed by atoms with Gasteiger partial charge in [0.1, 0.15) is 5.82 Å². The first kappa shape index (κ1) is 21.5. The minimum Gasteiger partial charge on any atom is -0.377 e. The number of ether oxygens (including phenoxy) is 1. The number of amides is 2. The minimum atomic E-state index is -0.0766. The van der Waals surface area contributed by atoms with Gasteiger partial charge in [-0.25, -0.2) is 9.78 Å². The lowest BCUT2D eigenvalue weighted by Gasteiger charge is -2.34. The molecule has 11 heteroatoms. The van der Waals surface area contributed by atoms with E-state index in [4.69, 9.17) is 14.7 Å². The van der Waals surface area contributed by atoms with E-state index in [0.717, 1.165) is 54.9 Å². The Bertz CT molecular complexity index is 1330. The molecule has 0 radical (unpaired) electrons. The molecule has 6 rings (SSSR count). The normalized spacial score (nSPS) is 18.4. The molecule has 0 aliphatic carbocycles. The van der Waals surface area contributed by atoms with E-state index in [-0.39, 0.29) is 12.1 Å². The number of morpholine rings is 1. The number of pyridine rings is 2. The van der Waals surface area contributed by atoms with Crippen LogP contribution in [-0.2, 0) is 4.74 Å². The van der Waals surface area contributed by atoms with Gasteiger partial charge in [-0.15, -0.1) is 0 Å². The average molecular weight is 474 g/mol. The molecule has 6 heterocycles. The summed E-state index contributed by atoms with van der Waals surface area (Å²) in [4.78, 5) is 26.2. The summed E-state index contributed by atoms with van der Waals surface area (Å²) in [5.41, 5.74) is 3.07. The fourth-order valence-electron chi connectivity index (χ4n) is 4.70. The summed E-state index contributed by atoms with van der Waals surface area (Å²) < 4.78 is 7.36. The Balaban J connectivity index is 1.39. The molecule has 2 amide bonds.